The van der Waals surface area contributed by atoms with Gasteiger partial charge in [0.1, 0.15) is 0 Å². The van der Waals surface area contributed by atoms with Gasteiger partial charge in [-0.3, -0.25) is 4.90 Å². The molecule has 0 bridgehead atoms. The third-order valence-electron chi connectivity index (χ3n) is 3.32. The number of piperazine rings is 1. The van der Waals surface area contributed by atoms with E-state index in [0.29, 0.717) is 11.9 Å². The first-order chi connectivity index (χ1) is 8.00. The molecule has 17 heavy (non-hydrogen) atoms. The van der Waals surface area contributed by atoms with Crippen LogP contribution < -0.4 is 5.32 Å². The van der Waals surface area contributed by atoms with Crippen LogP contribution in [0, 0.1) is 6.92 Å². The van der Waals surface area contributed by atoms with E-state index in [2.05, 4.69) is 41.1 Å². The van der Waals surface area contributed by atoms with Crippen LogP contribution in [-0.2, 0) is 6.54 Å². The molecule has 1 atom stereocenters. The van der Waals surface area contributed by atoms with Gasteiger partial charge in [0.25, 0.3) is 0 Å². The highest BCUT2D eigenvalue weighted by atomic mass is 16.5. The summed E-state index contributed by atoms with van der Waals surface area (Å²) in [5.41, 5.74) is 0.157. The number of aryl methyl sites for hydroxylation is 1. The molecule has 5 heteroatoms. The van der Waals surface area contributed by atoms with E-state index >= 15 is 0 Å². The second-order valence-electron chi connectivity index (χ2n) is 5.46. The monoisotopic (exact) mass is 238 g/mol. The second kappa shape index (κ2) is 4.74. The fourth-order valence-corrected chi connectivity index (χ4v) is 2.39. The van der Waals surface area contributed by atoms with Crippen LogP contribution in [0.5, 0.6) is 0 Å². The Morgan fingerprint density at radius 1 is 1.53 bits per heavy atom. The van der Waals surface area contributed by atoms with Gasteiger partial charge < -0.3 is 9.84 Å². The molecule has 1 saturated heterocycles. The number of hydrogen-bond acceptors (Lipinski definition) is 5. The molecule has 1 aromatic heterocycles. The highest BCUT2D eigenvalue weighted by Gasteiger charge is 2.32. The standard InChI is InChI=1S/C12H22N4O/c1-5-10-6-13-12(3,4)8-16(10)7-11-14-9(2)17-15-11/h10,13H,5-8H2,1-4H3. The molecule has 1 aliphatic heterocycles. The van der Waals surface area contributed by atoms with Crippen molar-refractivity contribution in [2.24, 2.45) is 0 Å². The van der Waals surface area contributed by atoms with Crippen molar-refractivity contribution >= 4 is 0 Å². The van der Waals surface area contributed by atoms with Crippen molar-refractivity contribution in [3.63, 3.8) is 0 Å². The maximum atomic E-state index is 5.02. The molecule has 2 heterocycles. The second-order valence-corrected chi connectivity index (χ2v) is 5.46. The molecule has 1 aliphatic rings. The van der Waals surface area contributed by atoms with E-state index in [-0.39, 0.29) is 5.54 Å². The average molecular weight is 238 g/mol. The van der Waals surface area contributed by atoms with Gasteiger partial charge in [-0.05, 0) is 20.3 Å². The first kappa shape index (κ1) is 12.5. The topological polar surface area (TPSA) is 54.2 Å². The van der Waals surface area contributed by atoms with E-state index < -0.39 is 0 Å². The van der Waals surface area contributed by atoms with Gasteiger partial charge in [0.15, 0.2) is 5.82 Å². The molecule has 2 rings (SSSR count). The van der Waals surface area contributed by atoms with Gasteiger partial charge in [-0.1, -0.05) is 12.1 Å². The van der Waals surface area contributed by atoms with Gasteiger partial charge >= 0.3 is 0 Å². The summed E-state index contributed by atoms with van der Waals surface area (Å²) in [4.78, 5) is 6.73. The molecule has 0 radical (unpaired) electrons. The summed E-state index contributed by atoms with van der Waals surface area (Å²) in [7, 11) is 0. The van der Waals surface area contributed by atoms with Crippen LogP contribution in [-0.4, -0.2) is 39.7 Å². The van der Waals surface area contributed by atoms with Crippen molar-refractivity contribution in [1.82, 2.24) is 20.4 Å². The molecule has 0 saturated carbocycles. The largest absolute Gasteiger partial charge is 0.340 e. The smallest absolute Gasteiger partial charge is 0.223 e. The zero-order valence-corrected chi connectivity index (χ0v) is 11.2. The predicted molar refractivity (Wildman–Crippen MR) is 65.6 cm³/mol. The summed E-state index contributed by atoms with van der Waals surface area (Å²) >= 11 is 0. The van der Waals surface area contributed by atoms with Crippen LogP contribution in [0.25, 0.3) is 0 Å². The van der Waals surface area contributed by atoms with Crippen molar-refractivity contribution in [2.45, 2.75) is 52.2 Å². The molecule has 0 spiro atoms. The van der Waals surface area contributed by atoms with Crippen LogP contribution in [0.2, 0.25) is 0 Å². The molecule has 1 N–H and O–H groups in total. The van der Waals surface area contributed by atoms with Crippen LogP contribution in [0.1, 0.15) is 38.9 Å². The van der Waals surface area contributed by atoms with E-state index in [0.717, 1.165) is 31.9 Å². The molecule has 1 aromatic rings. The van der Waals surface area contributed by atoms with Crippen LogP contribution in [0.15, 0.2) is 4.52 Å². The average Bonchev–Trinajstić information content (AvgIpc) is 2.63. The highest BCUT2D eigenvalue weighted by molar-refractivity contribution is 4.94. The first-order valence-corrected chi connectivity index (χ1v) is 6.28. The Morgan fingerprint density at radius 2 is 2.29 bits per heavy atom. The van der Waals surface area contributed by atoms with Crippen molar-refractivity contribution in [1.29, 1.82) is 0 Å². The summed E-state index contributed by atoms with van der Waals surface area (Å²) in [5.74, 6) is 1.43. The van der Waals surface area contributed by atoms with Gasteiger partial charge in [0.2, 0.25) is 5.89 Å². The third-order valence-corrected chi connectivity index (χ3v) is 3.32. The van der Waals surface area contributed by atoms with Gasteiger partial charge in [0, 0.05) is 31.6 Å². The summed E-state index contributed by atoms with van der Waals surface area (Å²) in [6, 6.07) is 0.557. The number of rotatable bonds is 3. The van der Waals surface area contributed by atoms with Crippen LogP contribution in [0.3, 0.4) is 0 Å². The van der Waals surface area contributed by atoms with Gasteiger partial charge in [-0.25, -0.2) is 0 Å². The number of aromatic nitrogens is 2. The Morgan fingerprint density at radius 3 is 2.88 bits per heavy atom. The normalized spacial score (nSPS) is 25.1. The summed E-state index contributed by atoms with van der Waals surface area (Å²) in [6.45, 7) is 11.3. The Bertz CT molecular complexity index is 374. The van der Waals surface area contributed by atoms with Gasteiger partial charge in [0.05, 0.1) is 6.54 Å². The number of nitrogens with one attached hydrogen (secondary N) is 1. The quantitative estimate of drug-likeness (QED) is 0.861. The minimum absolute atomic E-state index is 0.157. The van der Waals surface area contributed by atoms with E-state index in [4.69, 9.17) is 4.52 Å². The Kier molecular flexibility index (Phi) is 3.49. The fraction of sp³-hybridized carbons (Fsp3) is 0.833. The van der Waals surface area contributed by atoms with E-state index in [1.807, 2.05) is 6.92 Å². The predicted octanol–water partition coefficient (Wildman–Crippen LogP) is 1.34. The number of nitrogens with zero attached hydrogens (tertiary/aromatic N) is 3. The number of hydrogen-bond donors (Lipinski definition) is 1. The lowest BCUT2D eigenvalue weighted by Gasteiger charge is -2.44. The van der Waals surface area contributed by atoms with Crippen molar-refractivity contribution < 1.29 is 4.52 Å². The zero-order chi connectivity index (χ0) is 12.5. The minimum Gasteiger partial charge on any atom is -0.340 e. The Labute approximate surface area is 103 Å². The molecule has 1 fully saturated rings. The maximum Gasteiger partial charge on any atom is 0.223 e. The molecule has 0 aromatic carbocycles. The molecule has 1 unspecified atom stereocenters. The lowest BCUT2D eigenvalue weighted by atomic mass is 9.97. The summed E-state index contributed by atoms with van der Waals surface area (Å²) < 4.78 is 5.02. The highest BCUT2D eigenvalue weighted by Crippen LogP contribution is 2.18. The van der Waals surface area contributed by atoms with E-state index in [1.54, 1.807) is 0 Å². The molecule has 5 nitrogen and oxygen atoms in total. The first-order valence-electron chi connectivity index (χ1n) is 6.28. The lowest BCUT2D eigenvalue weighted by Crippen LogP contribution is -2.61. The van der Waals surface area contributed by atoms with Crippen molar-refractivity contribution in [3.05, 3.63) is 11.7 Å². The van der Waals surface area contributed by atoms with Crippen LogP contribution in [0.4, 0.5) is 0 Å². The third kappa shape index (κ3) is 3.04. The lowest BCUT2D eigenvalue weighted by molar-refractivity contribution is 0.0826. The van der Waals surface area contributed by atoms with Gasteiger partial charge in [-0.15, -0.1) is 0 Å². The minimum atomic E-state index is 0.157. The molecular formula is C12H22N4O. The molecule has 0 aliphatic carbocycles. The Balaban J connectivity index is 2.05. The Hall–Kier alpha value is -0.940. The van der Waals surface area contributed by atoms with E-state index in [9.17, 15) is 0 Å². The van der Waals surface area contributed by atoms with E-state index in [1.165, 1.54) is 0 Å². The molecule has 0 amide bonds. The molecular weight excluding hydrogens is 216 g/mol. The van der Waals surface area contributed by atoms with Crippen molar-refractivity contribution in [3.8, 4) is 0 Å². The van der Waals surface area contributed by atoms with Crippen molar-refractivity contribution in [2.75, 3.05) is 13.1 Å². The van der Waals surface area contributed by atoms with Gasteiger partial charge in [-0.2, -0.15) is 4.98 Å². The zero-order valence-electron chi connectivity index (χ0n) is 11.2. The SMILES string of the molecule is CCC1CNC(C)(C)CN1Cc1noc(C)n1. The summed E-state index contributed by atoms with van der Waals surface area (Å²) in [5, 5.41) is 7.55. The van der Waals surface area contributed by atoms with Crippen LogP contribution >= 0.6 is 0 Å². The molecule has 96 valence electrons. The maximum absolute atomic E-state index is 5.02. The fourth-order valence-electron chi connectivity index (χ4n) is 2.39. The summed E-state index contributed by atoms with van der Waals surface area (Å²) in [6.07, 6.45) is 1.14.